The van der Waals surface area contributed by atoms with Crippen LogP contribution in [0, 0.1) is 12.7 Å². The summed E-state index contributed by atoms with van der Waals surface area (Å²) in [6.45, 7) is 5.60. The Kier molecular flexibility index (Phi) is 5.25. The smallest absolute Gasteiger partial charge is 0.246 e. The van der Waals surface area contributed by atoms with Gasteiger partial charge in [0.1, 0.15) is 5.82 Å². The molecule has 0 saturated carbocycles. The van der Waals surface area contributed by atoms with Crippen molar-refractivity contribution >= 4 is 12.4 Å². The van der Waals surface area contributed by atoms with E-state index in [1.807, 2.05) is 13.8 Å². The van der Waals surface area contributed by atoms with Crippen LogP contribution in [0.5, 0.6) is 0 Å². The van der Waals surface area contributed by atoms with Crippen molar-refractivity contribution in [1.82, 2.24) is 10.1 Å². The van der Waals surface area contributed by atoms with Gasteiger partial charge in [0, 0.05) is 5.56 Å². The highest BCUT2D eigenvalue weighted by Gasteiger charge is 2.27. The van der Waals surface area contributed by atoms with Crippen LogP contribution in [0.1, 0.15) is 38.1 Å². The van der Waals surface area contributed by atoms with E-state index in [-0.39, 0.29) is 18.2 Å². The lowest BCUT2D eigenvalue weighted by molar-refractivity contribution is 0.284. The number of hydrogen-bond donors (Lipinski definition) is 1. The van der Waals surface area contributed by atoms with Crippen LogP contribution in [0.2, 0.25) is 0 Å². The molecule has 0 fully saturated rings. The summed E-state index contributed by atoms with van der Waals surface area (Å²) in [4.78, 5) is 4.27. The normalized spacial score (nSPS) is 13.7. The maximum Gasteiger partial charge on any atom is 0.246 e. The van der Waals surface area contributed by atoms with Crippen molar-refractivity contribution in [1.29, 1.82) is 0 Å². The molecule has 110 valence electrons. The van der Waals surface area contributed by atoms with E-state index >= 15 is 0 Å². The summed E-state index contributed by atoms with van der Waals surface area (Å²) in [5.74, 6) is 0.458. The van der Waals surface area contributed by atoms with E-state index in [1.165, 1.54) is 6.07 Å². The van der Waals surface area contributed by atoms with Gasteiger partial charge in [0.2, 0.25) is 11.7 Å². The van der Waals surface area contributed by atoms with Crippen LogP contribution in [0.4, 0.5) is 4.39 Å². The highest BCUT2D eigenvalue weighted by atomic mass is 35.5. The first-order valence-electron chi connectivity index (χ1n) is 6.33. The lowest BCUT2D eigenvalue weighted by atomic mass is 9.98. The van der Waals surface area contributed by atoms with Crippen molar-refractivity contribution in [3.63, 3.8) is 0 Å². The zero-order chi connectivity index (χ0) is 14.0. The van der Waals surface area contributed by atoms with E-state index < -0.39 is 5.54 Å². The van der Waals surface area contributed by atoms with Crippen LogP contribution in [0.3, 0.4) is 0 Å². The van der Waals surface area contributed by atoms with Crippen molar-refractivity contribution < 1.29 is 8.91 Å². The molecule has 0 bridgehead atoms. The second-order valence-electron chi connectivity index (χ2n) is 5.05. The van der Waals surface area contributed by atoms with Crippen LogP contribution in [0.15, 0.2) is 22.7 Å². The molecule has 1 aromatic heterocycles. The van der Waals surface area contributed by atoms with Gasteiger partial charge in [0.15, 0.2) is 0 Å². The van der Waals surface area contributed by atoms with Gasteiger partial charge in [-0.2, -0.15) is 4.98 Å². The SMILES string of the molecule is CCCC(C)(N)c1nc(-c2ccc(C)c(F)c2)no1.Cl. The minimum absolute atomic E-state index is 0. The van der Waals surface area contributed by atoms with E-state index in [1.54, 1.807) is 19.1 Å². The maximum absolute atomic E-state index is 13.5. The molecule has 0 saturated heterocycles. The fourth-order valence-corrected chi connectivity index (χ4v) is 1.93. The van der Waals surface area contributed by atoms with Gasteiger partial charge < -0.3 is 10.3 Å². The first-order valence-corrected chi connectivity index (χ1v) is 6.33. The molecule has 0 amide bonds. The molecular formula is C14H19ClFN3O. The van der Waals surface area contributed by atoms with Gasteiger partial charge in [-0.3, -0.25) is 0 Å². The highest BCUT2D eigenvalue weighted by molar-refractivity contribution is 5.85. The van der Waals surface area contributed by atoms with Crippen LogP contribution < -0.4 is 5.73 Å². The molecule has 1 heterocycles. The number of nitrogens with two attached hydrogens (primary N) is 1. The molecule has 0 spiro atoms. The van der Waals surface area contributed by atoms with Crippen molar-refractivity contribution in [2.75, 3.05) is 0 Å². The third-order valence-electron chi connectivity index (χ3n) is 3.11. The predicted molar refractivity (Wildman–Crippen MR) is 78.1 cm³/mol. The Bertz CT molecular complexity index is 584. The summed E-state index contributed by atoms with van der Waals surface area (Å²) in [5, 5.41) is 3.87. The van der Waals surface area contributed by atoms with Gasteiger partial charge in [0.05, 0.1) is 5.54 Å². The molecule has 2 N–H and O–H groups in total. The molecule has 2 aromatic rings. The molecule has 0 aliphatic rings. The zero-order valence-corrected chi connectivity index (χ0v) is 12.6. The maximum atomic E-state index is 13.5. The molecule has 0 radical (unpaired) electrons. The van der Waals surface area contributed by atoms with Crippen molar-refractivity contribution in [2.45, 2.75) is 39.2 Å². The fourth-order valence-electron chi connectivity index (χ4n) is 1.93. The van der Waals surface area contributed by atoms with E-state index in [0.717, 1.165) is 12.8 Å². The third-order valence-corrected chi connectivity index (χ3v) is 3.11. The van der Waals surface area contributed by atoms with Crippen LogP contribution in [-0.4, -0.2) is 10.1 Å². The number of aromatic nitrogens is 2. The number of benzene rings is 1. The quantitative estimate of drug-likeness (QED) is 0.937. The lowest BCUT2D eigenvalue weighted by Gasteiger charge is -2.18. The van der Waals surface area contributed by atoms with Crippen LogP contribution >= 0.6 is 12.4 Å². The number of nitrogens with zero attached hydrogens (tertiary/aromatic N) is 2. The molecule has 6 heteroatoms. The summed E-state index contributed by atoms with van der Waals surface area (Å²) >= 11 is 0. The first-order chi connectivity index (χ1) is 8.94. The largest absolute Gasteiger partial charge is 0.337 e. The van der Waals surface area contributed by atoms with Gasteiger partial charge in [-0.1, -0.05) is 30.6 Å². The average molecular weight is 300 g/mol. The molecular weight excluding hydrogens is 281 g/mol. The van der Waals surface area contributed by atoms with E-state index in [0.29, 0.717) is 22.8 Å². The zero-order valence-electron chi connectivity index (χ0n) is 11.8. The van der Waals surface area contributed by atoms with Gasteiger partial charge in [-0.05, 0) is 31.9 Å². The van der Waals surface area contributed by atoms with Gasteiger partial charge in [-0.25, -0.2) is 4.39 Å². The topological polar surface area (TPSA) is 64.9 Å². The number of halogens is 2. The fraction of sp³-hybridized carbons (Fsp3) is 0.429. The number of hydrogen-bond acceptors (Lipinski definition) is 4. The van der Waals surface area contributed by atoms with Gasteiger partial charge >= 0.3 is 0 Å². The monoisotopic (exact) mass is 299 g/mol. The second-order valence-corrected chi connectivity index (χ2v) is 5.05. The summed E-state index contributed by atoms with van der Waals surface area (Å²) in [6.07, 6.45) is 1.67. The predicted octanol–water partition coefficient (Wildman–Crippen LogP) is 3.58. The van der Waals surface area contributed by atoms with Crippen LogP contribution in [0.25, 0.3) is 11.4 Å². The number of aryl methyl sites for hydroxylation is 1. The minimum Gasteiger partial charge on any atom is -0.337 e. The Labute approximate surface area is 124 Å². The Morgan fingerprint density at radius 2 is 2.10 bits per heavy atom. The molecule has 0 aliphatic carbocycles. The summed E-state index contributed by atoms with van der Waals surface area (Å²) < 4.78 is 18.7. The third kappa shape index (κ3) is 3.35. The van der Waals surface area contributed by atoms with Crippen molar-refractivity contribution in [3.05, 3.63) is 35.5 Å². The summed E-state index contributed by atoms with van der Waals surface area (Å²) in [7, 11) is 0. The standard InChI is InChI=1S/C14H18FN3O.ClH/c1-4-7-14(3,16)13-17-12(18-19-13)10-6-5-9(2)11(15)8-10;/h5-6,8H,4,7,16H2,1-3H3;1H. The molecule has 1 unspecified atom stereocenters. The Hall–Kier alpha value is -1.46. The molecule has 20 heavy (non-hydrogen) atoms. The highest BCUT2D eigenvalue weighted by Crippen LogP contribution is 2.25. The first kappa shape index (κ1) is 16.6. The summed E-state index contributed by atoms with van der Waals surface area (Å²) in [6, 6.07) is 4.85. The summed E-state index contributed by atoms with van der Waals surface area (Å²) in [5.41, 5.74) is 6.65. The second kappa shape index (κ2) is 6.33. The van der Waals surface area contributed by atoms with E-state index in [4.69, 9.17) is 10.3 Å². The van der Waals surface area contributed by atoms with Gasteiger partial charge in [0.25, 0.3) is 0 Å². The van der Waals surface area contributed by atoms with Gasteiger partial charge in [-0.15, -0.1) is 12.4 Å². The minimum atomic E-state index is -0.650. The van der Waals surface area contributed by atoms with Crippen molar-refractivity contribution in [2.24, 2.45) is 5.73 Å². The van der Waals surface area contributed by atoms with E-state index in [2.05, 4.69) is 10.1 Å². The van der Waals surface area contributed by atoms with E-state index in [9.17, 15) is 4.39 Å². The Morgan fingerprint density at radius 3 is 2.70 bits per heavy atom. The molecule has 4 nitrogen and oxygen atoms in total. The average Bonchev–Trinajstić information content (AvgIpc) is 2.83. The number of rotatable bonds is 4. The molecule has 1 aromatic carbocycles. The molecule has 0 aliphatic heterocycles. The Morgan fingerprint density at radius 1 is 1.40 bits per heavy atom. The molecule has 2 rings (SSSR count). The molecule has 1 atom stereocenters. The van der Waals surface area contributed by atoms with Crippen LogP contribution in [-0.2, 0) is 5.54 Å². The van der Waals surface area contributed by atoms with Crippen molar-refractivity contribution in [3.8, 4) is 11.4 Å². The Balaban J connectivity index is 0.00000200. The lowest BCUT2D eigenvalue weighted by Crippen LogP contribution is -2.33.